The number of nitrogen functional groups attached to an aromatic ring is 1. The first-order valence-corrected chi connectivity index (χ1v) is 6.73. The Kier molecular flexibility index (Phi) is 4.12. The Morgan fingerprint density at radius 1 is 1.26 bits per heavy atom. The van der Waals surface area contributed by atoms with E-state index in [9.17, 15) is 0 Å². The minimum Gasteiger partial charge on any atom is -0.455 e. The molecule has 0 fully saturated rings. The van der Waals surface area contributed by atoms with Gasteiger partial charge >= 0.3 is 0 Å². The van der Waals surface area contributed by atoms with E-state index in [0.29, 0.717) is 26.6 Å². The molecule has 0 atom stereocenters. The standard InChI is InChI=1S/C14H12BrClN2O/c1-8-5-6-11(10(16)7-8)19-12-4-2-3-9(15)13(12)14(17)18/h2-7H,1H3,(H3,17,18). The minimum absolute atomic E-state index is 0.0642. The zero-order valence-corrected chi connectivity index (χ0v) is 12.5. The van der Waals surface area contributed by atoms with Crippen molar-refractivity contribution in [3.8, 4) is 11.5 Å². The lowest BCUT2D eigenvalue weighted by atomic mass is 10.2. The van der Waals surface area contributed by atoms with Crippen LogP contribution in [0.25, 0.3) is 0 Å². The summed E-state index contributed by atoms with van der Waals surface area (Å²) in [5.74, 6) is 0.964. The van der Waals surface area contributed by atoms with Gasteiger partial charge in [-0.15, -0.1) is 0 Å². The molecule has 5 heteroatoms. The zero-order chi connectivity index (χ0) is 14.0. The van der Waals surface area contributed by atoms with Gasteiger partial charge in [-0.1, -0.05) is 23.7 Å². The average molecular weight is 340 g/mol. The Bertz CT molecular complexity index is 643. The van der Waals surface area contributed by atoms with Crippen LogP contribution in [-0.2, 0) is 0 Å². The maximum absolute atomic E-state index is 7.61. The van der Waals surface area contributed by atoms with Crippen molar-refractivity contribution in [1.29, 1.82) is 5.41 Å². The Morgan fingerprint density at radius 3 is 2.63 bits per heavy atom. The van der Waals surface area contributed by atoms with Gasteiger partial charge in [0.05, 0.1) is 10.6 Å². The number of nitrogens with one attached hydrogen (secondary N) is 1. The summed E-state index contributed by atoms with van der Waals surface area (Å²) in [6.07, 6.45) is 0. The summed E-state index contributed by atoms with van der Waals surface area (Å²) in [7, 11) is 0. The van der Waals surface area contributed by atoms with Crippen molar-refractivity contribution in [2.45, 2.75) is 6.92 Å². The number of ether oxygens (including phenoxy) is 1. The second kappa shape index (κ2) is 5.63. The van der Waals surface area contributed by atoms with E-state index < -0.39 is 0 Å². The maximum Gasteiger partial charge on any atom is 0.146 e. The predicted octanol–water partition coefficient (Wildman–Crippen LogP) is 4.49. The molecular weight excluding hydrogens is 328 g/mol. The Balaban J connectivity index is 2.44. The molecule has 0 saturated heterocycles. The van der Waals surface area contributed by atoms with Gasteiger partial charge in [-0.2, -0.15) is 0 Å². The monoisotopic (exact) mass is 338 g/mol. The van der Waals surface area contributed by atoms with E-state index in [1.165, 1.54) is 0 Å². The predicted molar refractivity (Wildman–Crippen MR) is 81.4 cm³/mol. The normalized spacial score (nSPS) is 10.3. The van der Waals surface area contributed by atoms with E-state index in [2.05, 4.69) is 15.9 Å². The highest BCUT2D eigenvalue weighted by molar-refractivity contribution is 9.10. The van der Waals surface area contributed by atoms with E-state index in [-0.39, 0.29) is 5.84 Å². The second-order valence-corrected chi connectivity index (χ2v) is 5.32. The molecule has 0 unspecified atom stereocenters. The fraction of sp³-hybridized carbons (Fsp3) is 0.0714. The molecule has 0 radical (unpaired) electrons. The molecule has 3 N–H and O–H groups in total. The van der Waals surface area contributed by atoms with Gasteiger partial charge < -0.3 is 10.5 Å². The third-order valence-electron chi connectivity index (χ3n) is 2.55. The fourth-order valence-corrected chi connectivity index (χ4v) is 2.49. The summed E-state index contributed by atoms with van der Waals surface area (Å²) in [4.78, 5) is 0. The third-order valence-corrected chi connectivity index (χ3v) is 3.51. The number of hydrogen-bond donors (Lipinski definition) is 2. The van der Waals surface area contributed by atoms with Gasteiger partial charge in [0.25, 0.3) is 0 Å². The van der Waals surface area contributed by atoms with Crippen molar-refractivity contribution >= 4 is 33.4 Å². The van der Waals surface area contributed by atoms with Crippen LogP contribution in [0.1, 0.15) is 11.1 Å². The van der Waals surface area contributed by atoms with Gasteiger partial charge in [0, 0.05) is 4.47 Å². The van der Waals surface area contributed by atoms with Crippen LogP contribution in [0.3, 0.4) is 0 Å². The van der Waals surface area contributed by atoms with E-state index in [1.54, 1.807) is 18.2 Å². The van der Waals surface area contributed by atoms with Crippen molar-refractivity contribution in [3.05, 3.63) is 57.0 Å². The summed E-state index contributed by atoms with van der Waals surface area (Å²) in [5, 5.41) is 8.13. The number of hydrogen-bond acceptors (Lipinski definition) is 2. The highest BCUT2D eigenvalue weighted by Crippen LogP contribution is 2.34. The SMILES string of the molecule is Cc1ccc(Oc2cccc(Br)c2C(=N)N)c(Cl)c1. The highest BCUT2D eigenvalue weighted by atomic mass is 79.9. The van der Waals surface area contributed by atoms with Gasteiger partial charge in [0.2, 0.25) is 0 Å². The number of nitrogens with two attached hydrogens (primary N) is 1. The van der Waals surface area contributed by atoms with E-state index in [0.717, 1.165) is 5.56 Å². The number of amidine groups is 1. The lowest BCUT2D eigenvalue weighted by molar-refractivity contribution is 0.481. The molecule has 3 nitrogen and oxygen atoms in total. The highest BCUT2D eigenvalue weighted by Gasteiger charge is 2.13. The first-order valence-electron chi connectivity index (χ1n) is 5.56. The topological polar surface area (TPSA) is 59.1 Å². The van der Waals surface area contributed by atoms with Gasteiger partial charge in [0.15, 0.2) is 0 Å². The molecule has 2 rings (SSSR count). The molecule has 0 aromatic heterocycles. The summed E-state index contributed by atoms with van der Waals surface area (Å²) >= 11 is 9.49. The van der Waals surface area contributed by atoms with Crippen molar-refractivity contribution in [2.24, 2.45) is 5.73 Å². The zero-order valence-electron chi connectivity index (χ0n) is 10.2. The van der Waals surface area contributed by atoms with Gasteiger partial charge in [-0.05, 0) is 52.7 Å². The molecule has 0 aliphatic carbocycles. The lowest BCUT2D eigenvalue weighted by Gasteiger charge is -2.13. The molecule has 0 aliphatic rings. The van der Waals surface area contributed by atoms with Crippen LogP contribution in [0, 0.1) is 12.3 Å². The lowest BCUT2D eigenvalue weighted by Crippen LogP contribution is -2.13. The number of benzene rings is 2. The van der Waals surface area contributed by atoms with Gasteiger partial charge in [0.1, 0.15) is 17.3 Å². The molecule has 0 heterocycles. The fourth-order valence-electron chi connectivity index (χ4n) is 1.66. The number of rotatable bonds is 3. The quantitative estimate of drug-likeness (QED) is 0.639. The molecule has 0 amide bonds. The molecule has 0 aliphatic heterocycles. The number of halogens is 2. The van der Waals surface area contributed by atoms with Crippen LogP contribution in [0.4, 0.5) is 0 Å². The molecule has 0 bridgehead atoms. The van der Waals surface area contributed by atoms with Crippen LogP contribution in [0.2, 0.25) is 5.02 Å². The van der Waals surface area contributed by atoms with Crippen molar-refractivity contribution in [1.82, 2.24) is 0 Å². The smallest absolute Gasteiger partial charge is 0.146 e. The Labute approximate surface area is 125 Å². The van der Waals surface area contributed by atoms with Gasteiger partial charge in [-0.25, -0.2) is 0 Å². The first kappa shape index (κ1) is 13.9. The molecule has 98 valence electrons. The summed E-state index contributed by atoms with van der Waals surface area (Å²) in [5.41, 5.74) is 7.14. The van der Waals surface area contributed by atoms with Gasteiger partial charge in [-0.3, -0.25) is 5.41 Å². The minimum atomic E-state index is -0.0642. The van der Waals surface area contributed by atoms with Crippen LogP contribution in [0.5, 0.6) is 11.5 Å². The summed E-state index contributed by atoms with van der Waals surface area (Å²) in [6, 6.07) is 10.9. The molecule has 0 saturated carbocycles. The van der Waals surface area contributed by atoms with Crippen LogP contribution < -0.4 is 10.5 Å². The molecule has 19 heavy (non-hydrogen) atoms. The largest absolute Gasteiger partial charge is 0.455 e. The number of aryl methyl sites for hydroxylation is 1. The molecule has 2 aromatic carbocycles. The Hall–Kier alpha value is -1.52. The Morgan fingerprint density at radius 2 is 2.00 bits per heavy atom. The van der Waals surface area contributed by atoms with Crippen LogP contribution in [-0.4, -0.2) is 5.84 Å². The molecular formula is C14H12BrClN2O. The van der Waals surface area contributed by atoms with E-state index in [4.69, 9.17) is 27.5 Å². The van der Waals surface area contributed by atoms with Crippen LogP contribution >= 0.6 is 27.5 Å². The second-order valence-electron chi connectivity index (χ2n) is 4.06. The first-order chi connectivity index (χ1) is 8.99. The van der Waals surface area contributed by atoms with E-state index in [1.807, 2.05) is 25.1 Å². The van der Waals surface area contributed by atoms with Crippen molar-refractivity contribution in [2.75, 3.05) is 0 Å². The van der Waals surface area contributed by atoms with E-state index >= 15 is 0 Å². The molecule has 0 spiro atoms. The average Bonchev–Trinajstić information content (AvgIpc) is 2.32. The summed E-state index contributed by atoms with van der Waals surface area (Å²) < 4.78 is 6.46. The summed E-state index contributed by atoms with van der Waals surface area (Å²) in [6.45, 7) is 1.95. The maximum atomic E-state index is 7.61. The third kappa shape index (κ3) is 3.08. The van der Waals surface area contributed by atoms with Crippen LogP contribution in [0.15, 0.2) is 40.9 Å². The molecule has 2 aromatic rings. The van der Waals surface area contributed by atoms with Crippen molar-refractivity contribution in [3.63, 3.8) is 0 Å². The van der Waals surface area contributed by atoms with Crippen molar-refractivity contribution < 1.29 is 4.74 Å².